The largest absolute Gasteiger partial charge is 0.466 e. The molecular weight excluding hydrogens is 250 g/mol. The number of carbonyl (C=O) groups is 1. The summed E-state index contributed by atoms with van der Waals surface area (Å²) in [5.74, 6) is -0.291. The minimum absolute atomic E-state index is 0.291. The van der Waals surface area contributed by atoms with E-state index in [1.54, 1.807) is 6.92 Å². The molecular formula is C14H18ClNO2. The van der Waals surface area contributed by atoms with Crippen LogP contribution in [0.1, 0.15) is 12.5 Å². The minimum Gasteiger partial charge on any atom is -0.466 e. The molecule has 18 heavy (non-hydrogen) atoms. The van der Waals surface area contributed by atoms with Gasteiger partial charge in [-0.2, -0.15) is 0 Å². The Labute approximate surface area is 113 Å². The smallest absolute Gasteiger partial charge is 0.333 e. The van der Waals surface area contributed by atoms with Crippen molar-refractivity contribution in [2.75, 3.05) is 20.7 Å². The van der Waals surface area contributed by atoms with Crippen LogP contribution in [0.3, 0.4) is 0 Å². The predicted molar refractivity (Wildman–Crippen MR) is 73.6 cm³/mol. The number of nitrogens with zero attached hydrogens (tertiary/aromatic N) is 1. The van der Waals surface area contributed by atoms with Crippen molar-refractivity contribution in [1.29, 1.82) is 0 Å². The van der Waals surface area contributed by atoms with Gasteiger partial charge in [0.2, 0.25) is 0 Å². The number of rotatable bonds is 5. The highest BCUT2D eigenvalue weighted by Crippen LogP contribution is 2.16. The van der Waals surface area contributed by atoms with Gasteiger partial charge in [0.25, 0.3) is 0 Å². The molecule has 0 fully saturated rings. The summed E-state index contributed by atoms with van der Waals surface area (Å²) in [6, 6.07) is 7.74. The first-order valence-corrected chi connectivity index (χ1v) is 6.09. The van der Waals surface area contributed by atoms with Gasteiger partial charge in [-0.1, -0.05) is 35.9 Å². The van der Waals surface area contributed by atoms with Crippen LogP contribution in [0.2, 0.25) is 5.02 Å². The summed E-state index contributed by atoms with van der Waals surface area (Å²) in [7, 11) is 3.36. The third kappa shape index (κ3) is 4.51. The molecule has 0 aliphatic carbocycles. The van der Waals surface area contributed by atoms with Crippen LogP contribution in [-0.2, 0) is 16.1 Å². The zero-order valence-corrected chi connectivity index (χ0v) is 11.7. The molecule has 1 aromatic carbocycles. The fourth-order valence-electron chi connectivity index (χ4n) is 1.52. The molecule has 98 valence electrons. The second-order valence-electron chi connectivity index (χ2n) is 4.17. The second kappa shape index (κ2) is 7.19. The van der Waals surface area contributed by atoms with Crippen LogP contribution in [0.25, 0.3) is 0 Å². The van der Waals surface area contributed by atoms with Gasteiger partial charge in [-0.15, -0.1) is 0 Å². The highest BCUT2D eigenvalue weighted by atomic mass is 35.5. The molecule has 0 atom stereocenters. The van der Waals surface area contributed by atoms with Crippen LogP contribution >= 0.6 is 11.6 Å². The molecule has 1 rings (SSSR count). The van der Waals surface area contributed by atoms with Gasteiger partial charge < -0.3 is 4.74 Å². The molecule has 0 saturated carbocycles. The average molecular weight is 268 g/mol. The van der Waals surface area contributed by atoms with Crippen molar-refractivity contribution >= 4 is 17.6 Å². The van der Waals surface area contributed by atoms with Gasteiger partial charge in [0.1, 0.15) is 0 Å². The van der Waals surface area contributed by atoms with Crippen molar-refractivity contribution in [3.63, 3.8) is 0 Å². The summed E-state index contributed by atoms with van der Waals surface area (Å²) in [5, 5.41) is 0.762. The molecule has 1 aromatic rings. The summed E-state index contributed by atoms with van der Waals surface area (Å²) in [5.41, 5.74) is 1.69. The Hall–Kier alpha value is -1.32. The van der Waals surface area contributed by atoms with Crippen molar-refractivity contribution in [3.05, 3.63) is 46.5 Å². The van der Waals surface area contributed by atoms with Crippen LogP contribution in [0.5, 0.6) is 0 Å². The average Bonchev–Trinajstić information content (AvgIpc) is 2.37. The molecule has 0 spiro atoms. The van der Waals surface area contributed by atoms with Gasteiger partial charge in [0.05, 0.1) is 7.11 Å². The maximum atomic E-state index is 11.2. The molecule has 0 saturated heterocycles. The molecule has 0 amide bonds. The monoisotopic (exact) mass is 267 g/mol. The van der Waals surface area contributed by atoms with Crippen LogP contribution in [0.15, 0.2) is 35.9 Å². The number of esters is 1. The van der Waals surface area contributed by atoms with E-state index < -0.39 is 0 Å². The molecule has 0 unspecified atom stereocenters. The van der Waals surface area contributed by atoms with E-state index in [1.807, 2.05) is 37.4 Å². The lowest BCUT2D eigenvalue weighted by atomic mass is 10.2. The Balaban J connectivity index is 2.55. The molecule has 0 N–H and O–H groups in total. The van der Waals surface area contributed by atoms with Crippen LogP contribution in [-0.4, -0.2) is 31.6 Å². The normalized spacial score (nSPS) is 11.7. The molecule has 0 heterocycles. The summed E-state index contributed by atoms with van der Waals surface area (Å²) in [6.45, 7) is 3.16. The molecule has 0 bridgehead atoms. The highest BCUT2D eigenvalue weighted by molar-refractivity contribution is 6.31. The Morgan fingerprint density at radius 3 is 2.72 bits per heavy atom. The first-order valence-electron chi connectivity index (χ1n) is 5.71. The van der Waals surface area contributed by atoms with Crippen LogP contribution in [0.4, 0.5) is 0 Å². The van der Waals surface area contributed by atoms with Crippen molar-refractivity contribution in [2.45, 2.75) is 13.5 Å². The lowest BCUT2D eigenvalue weighted by Gasteiger charge is -2.15. The van der Waals surface area contributed by atoms with E-state index in [2.05, 4.69) is 9.64 Å². The first kappa shape index (κ1) is 14.7. The molecule has 4 heteroatoms. The second-order valence-corrected chi connectivity index (χ2v) is 4.57. The summed E-state index contributed by atoms with van der Waals surface area (Å²) in [6.07, 6.45) is 1.85. The maximum Gasteiger partial charge on any atom is 0.333 e. The summed E-state index contributed by atoms with van der Waals surface area (Å²) < 4.78 is 4.63. The van der Waals surface area contributed by atoms with Crippen molar-refractivity contribution in [3.8, 4) is 0 Å². The first-order chi connectivity index (χ1) is 8.54. The number of hydrogen-bond donors (Lipinski definition) is 0. The zero-order chi connectivity index (χ0) is 13.5. The van der Waals surface area contributed by atoms with Crippen LogP contribution in [0, 0.1) is 0 Å². The summed E-state index contributed by atoms with van der Waals surface area (Å²) >= 11 is 6.09. The number of methoxy groups -OCH3 is 1. The Kier molecular flexibility index (Phi) is 5.89. The SMILES string of the molecule is COC(=O)C(C)=CCN(C)Cc1ccccc1Cl. The number of carbonyl (C=O) groups excluding carboxylic acids is 1. The molecule has 0 aliphatic rings. The number of halogens is 1. The van der Waals surface area contributed by atoms with Gasteiger partial charge in [0.15, 0.2) is 0 Å². The van der Waals surface area contributed by atoms with Gasteiger partial charge >= 0.3 is 5.97 Å². The topological polar surface area (TPSA) is 29.5 Å². The number of benzene rings is 1. The van der Waals surface area contributed by atoms with E-state index in [4.69, 9.17) is 11.6 Å². The molecule has 3 nitrogen and oxygen atoms in total. The lowest BCUT2D eigenvalue weighted by Crippen LogP contribution is -2.18. The quantitative estimate of drug-likeness (QED) is 0.607. The van der Waals surface area contributed by atoms with E-state index in [0.717, 1.165) is 17.1 Å². The van der Waals surface area contributed by atoms with Crippen molar-refractivity contribution in [2.24, 2.45) is 0 Å². The van der Waals surface area contributed by atoms with Crippen molar-refractivity contribution in [1.82, 2.24) is 4.90 Å². The molecule has 0 aromatic heterocycles. The Morgan fingerprint density at radius 1 is 1.44 bits per heavy atom. The fourth-order valence-corrected chi connectivity index (χ4v) is 1.71. The minimum atomic E-state index is -0.291. The van der Waals surface area contributed by atoms with E-state index >= 15 is 0 Å². The summed E-state index contributed by atoms with van der Waals surface area (Å²) in [4.78, 5) is 13.3. The highest BCUT2D eigenvalue weighted by Gasteiger charge is 2.05. The van der Waals surface area contributed by atoms with E-state index in [0.29, 0.717) is 12.1 Å². The molecule has 0 radical (unpaired) electrons. The third-order valence-corrected chi connectivity index (χ3v) is 2.98. The number of ether oxygens (including phenoxy) is 1. The standard InChI is InChI=1S/C14H18ClNO2/c1-11(14(17)18-3)8-9-16(2)10-12-6-4-5-7-13(12)15/h4-8H,9-10H2,1-3H3. The zero-order valence-electron chi connectivity index (χ0n) is 10.9. The third-order valence-electron chi connectivity index (χ3n) is 2.61. The van der Waals surface area contributed by atoms with Crippen molar-refractivity contribution < 1.29 is 9.53 Å². The molecule has 0 aliphatic heterocycles. The maximum absolute atomic E-state index is 11.2. The lowest BCUT2D eigenvalue weighted by molar-refractivity contribution is -0.136. The van der Waals surface area contributed by atoms with Gasteiger partial charge in [-0.05, 0) is 25.6 Å². The predicted octanol–water partition coefficient (Wildman–Crippen LogP) is 2.89. The fraction of sp³-hybridized carbons (Fsp3) is 0.357. The number of likely N-dealkylation sites (N-methyl/N-ethyl adjacent to an activating group) is 1. The Bertz CT molecular complexity index is 443. The van der Waals surface area contributed by atoms with E-state index in [1.165, 1.54) is 7.11 Å². The Morgan fingerprint density at radius 2 is 2.11 bits per heavy atom. The van der Waals surface area contributed by atoms with Gasteiger partial charge in [0, 0.05) is 23.7 Å². The van der Waals surface area contributed by atoms with Crippen LogP contribution < -0.4 is 0 Å². The van der Waals surface area contributed by atoms with Gasteiger partial charge in [-0.3, -0.25) is 4.90 Å². The number of hydrogen-bond acceptors (Lipinski definition) is 3. The van der Waals surface area contributed by atoms with E-state index in [9.17, 15) is 4.79 Å². The van der Waals surface area contributed by atoms with E-state index in [-0.39, 0.29) is 5.97 Å². The van der Waals surface area contributed by atoms with Gasteiger partial charge in [-0.25, -0.2) is 4.79 Å².